The van der Waals surface area contributed by atoms with Crippen LogP contribution < -0.4 is 5.32 Å². The molecule has 1 aliphatic carbocycles. The Morgan fingerprint density at radius 1 is 1.21 bits per heavy atom. The molecule has 1 aromatic carbocycles. The molecule has 1 N–H and O–H groups in total. The van der Waals surface area contributed by atoms with Crippen molar-refractivity contribution < 1.29 is 13.4 Å². The Labute approximate surface area is 149 Å². The highest BCUT2D eigenvalue weighted by atomic mass is 35.5. The molecule has 1 saturated carbocycles. The lowest BCUT2D eigenvalue weighted by atomic mass is 10.2. The lowest BCUT2D eigenvalue weighted by molar-refractivity contribution is 0.0908. The lowest BCUT2D eigenvalue weighted by Crippen LogP contribution is -2.32. The Morgan fingerprint density at radius 3 is 2.75 bits per heavy atom. The molecule has 1 heterocycles. The zero-order chi connectivity index (χ0) is 16.9. The van der Waals surface area contributed by atoms with Gasteiger partial charge in [0.25, 0.3) is 5.91 Å². The van der Waals surface area contributed by atoms with E-state index in [-0.39, 0.29) is 23.5 Å². The van der Waals surface area contributed by atoms with Crippen LogP contribution in [-0.2, 0) is 22.3 Å². The molecule has 1 fully saturated rings. The molecular formula is C18H20ClNO3S. The van der Waals surface area contributed by atoms with Crippen LogP contribution in [0.25, 0.3) is 0 Å². The van der Waals surface area contributed by atoms with Crippen molar-refractivity contribution in [3.05, 3.63) is 58.5 Å². The van der Waals surface area contributed by atoms with Crippen molar-refractivity contribution in [1.82, 2.24) is 5.32 Å². The van der Waals surface area contributed by atoms with Crippen LogP contribution in [-0.4, -0.2) is 16.2 Å². The van der Waals surface area contributed by atoms with E-state index in [1.165, 1.54) is 0 Å². The van der Waals surface area contributed by atoms with Crippen molar-refractivity contribution in [3.8, 4) is 0 Å². The van der Waals surface area contributed by atoms with Crippen LogP contribution in [0.4, 0.5) is 0 Å². The summed E-state index contributed by atoms with van der Waals surface area (Å²) < 4.78 is 17.8. The van der Waals surface area contributed by atoms with Crippen LogP contribution in [0, 0.1) is 0 Å². The van der Waals surface area contributed by atoms with Crippen molar-refractivity contribution in [3.63, 3.8) is 0 Å². The summed E-state index contributed by atoms with van der Waals surface area (Å²) in [5.41, 5.74) is 0.923. The fourth-order valence-corrected chi connectivity index (χ4v) is 4.27. The Morgan fingerprint density at radius 2 is 2.00 bits per heavy atom. The summed E-state index contributed by atoms with van der Waals surface area (Å²) in [7, 11) is -1.12. The van der Waals surface area contributed by atoms with Gasteiger partial charge in [0.2, 0.25) is 0 Å². The minimum absolute atomic E-state index is 0.186. The summed E-state index contributed by atoms with van der Waals surface area (Å²) in [6, 6.07) is 11.0. The fourth-order valence-electron chi connectivity index (χ4n) is 2.93. The van der Waals surface area contributed by atoms with Gasteiger partial charge in [-0.2, -0.15) is 0 Å². The molecule has 0 radical (unpaired) electrons. The standard InChI is InChI=1S/C18H20ClNO3S/c19-14-5-3-4-13(10-14)11-24(22)12-16-8-9-17(23-16)18(21)20-15-6-1-2-7-15/h3-5,8-10,15H,1-2,6-7,11-12H2,(H,20,21). The number of carbonyl (C=O) groups is 1. The largest absolute Gasteiger partial charge is 0.455 e. The molecule has 1 amide bonds. The highest BCUT2D eigenvalue weighted by molar-refractivity contribution is 7.83. The van der Waals surface area contributed by atoms with Crippen molar-refractivity contribution >= 4 is 28.3 Å². The second-order valence-corrected chi connectivity index (χ2v) is 7.97. The molecule has 24 heavy (non-hydrogen) atoms. The van der Waals surface area contributed by atoms with Gasteiger partial charge in [0.05, 0.1) is 5.75 Å². The zero-order valence-electron chi connectivity index (χ0n) is 13.3. The number of hydrogen-bond acceptors (Lipinski definition) is 3. The molecule has 0 aliphatic heterocycles. The van der Waals surface area contributed by atoms with Gasteiger partial charge in [-0.15, -0.1) is 0 Å². The molecular weight excluding hydrogens is 346 g/mol. The maximum absolute atomic E-state index is 12.3. The van der Waals surface area contributed by atoms with E-state index >= 15 is 0 Å². The third-order valence-corrected chi connectivity index (χ3v) is 5.59. The third-order valence-electron chi connectivity index (χ3n) is 4.10. The van der Waals surface area contributed by atoms with Gasteiger partial charge in [-0.05, 0) is 42.7 Å². The van der Waals surface area contributed by atoms with E-state index in [0.717, 1.165) is 31.2 Å². The van der Waals surface area contributed by atoms with Crippen molar-refractivity contribution in [2.24, 2.45) is 0 Å². The van der Waals surface area contributed by atoms with Gasteiger partial charge in [0.15, 0.2) is 5.76 Å². The number of hydrogen-bond donors (Lipinski definition) is 1. The Bertz CT molecular complexity index is 737. The van der Waals surface area contributed by atoms with E-state index in [9.17, 15) is 9.00 Å². The van der Waals surface area contributed by atoms with Gasteiger partial charge in [0, 0.05) is 27.6 Å². The maximum atomic E-state index is 12.3. The quantitative estimate of drug-likeness (QED) is 0.839. The summed E-state index contributed by atoms with van der Waals surface area (Å²) in [6.45, 7) is 0. The monoisotopic (exact) mass is 365 g/mol. The predicted octanol–water partition coefficient (Wildman–Crippen LogP) is 4.05. The first-order valence-electron chi connectivity index (χ1n) is 8.09. The summed E-state index contributed by atoms with van der Waals surface area (Å²) in [5, 5.41) is 3.62. The van der Waals surface area contributed by atoms with E-state index < -0.39 is 10.8 Å². The summed E-state index contributed by atoms with van der Waals surface area (Å²) in [4.78, 5) is 12.1. The first kappa shape index (κ1) is 17.2. The number of benzene rings is 1. The SMILES string of the molecule is O=C(NC1CCCC1)c1ccc(CS(=O)Cc2cccc(Cl)c2)o1. The van der Waals surface area contributed by atoms with Gasteiger partial charge >= 0.3 is 0 Å². The molecule has 6 heteroatoms. The average Bonchev–Trinajstić information content (AvgIpc) is 3.19. The van der Waals surface area contributed by atoms with Crippen molar-refractivity contribution in [2.75, 3.05) is 0 Å². The number of halogens is 1. The fraction of sp³-hybridized carbons (Fsp3) is 0.389. The number of carbonyl (C=O) groups excluding carboxylic acids is 1. The van der Waals surface area contributed by atoms with Crippen LogP contribution in [0.15, 0.2) is 40.8 Å². The Hall–Kier alpha value is -1.59. The van der Waals surface area contributed by atoms with Gasteiger partial charge in [0.1, 0.15) is 5.76 Å². The predicted molar refractivity (Wildman–Crippen MR) is 95.4 cm³/mol. The zero-order valence-corrected chi connectivity index (χ0v) is 14.9. The first-order chi connectivity index (χ1) is 11.6. The minimum atomic E-state index is -1.12. The molecule has 1 atom stereocenters. The highest BCUT2D eigenvalue weighted by Gasteiger charge is 2.20. The van der Waals surface area contributed by atoms with Gasteiger partial charge in [-0.3, -0.25) is 9.00 Å². The molecule has 0 bridgehead atoms. The Kier molecular flexibility index (Phi) is 5.74. The van der Waals surface area contributed by atoms with E-state index in [0.29, 0.717) is 16.5 Å². The molecule has 2 aromatic rings. The number of furan rings is 1. The van der Waals surface area contributed by atoms with E-state index in [1.807, 2.05) is 18.2 Å². The van der Waals surface area contributed by atoms with Crippen LogP contribution in [0.1, 0.15) is 47.6 Å². The summed E-state index contributed by atoms with van der Waals surface area (Å²) in [6.07, 6.45) is 4.39. The van der Waals surface area contributed by atoms with E-state index in [2.05, 4.69) is 5.32 Å². The van der Waals surface area contributed by atoms with Crippen LogP contribution in [0.5, 0.6) is 0 Å². The molecule has 1 aliphatic rings. The van der Waals surface area contributed by atoms with Crippen LogP contribution in [0.2, 0.25) is 5.02 Å². The average molecular weight is 366 g/mol. The lowest BCUT2D eigenvalue weighted by Gasteiger charge is -2.09. The molecule has 0 spiro atoms. The van der Waals surface area contributed by atoms with Gasteiger partial charge in [-0.1, -0.05) is 36.6 Å². The Balaban J connectivity index is 1.55. The molecule has 4 nitrogen and oxygen atoms in total. The summed E-state index contributed by atoms with van der Waals surface area (Å²) >= 11 is 5.93. The van der Waals surface area contributed by atoms with Crippen LogP contribution in [0.3, 0.4) is 0 Å². The third kappa shape index (κ3) is 4.71. The van der Waals surface area contributed by atoms with Gasteiger partial charge < -0.3 is 9.73 Å². The summed E-state index contributed by atoms with van der Waals surface area (Å²) in [5.74, 6) is 1.35. The van der Waals surface area contributed by atoms with E-state index in [1.54, 1.807) is 18.2 Å². The van der Waals surface area contributed by atoms with Crippen molar-refractivity contribution in [1.29, 1.82) is 0 Å². The molecule has 0 saturated heterocycles. The van der Waals surface area contributed by atoms with Crippen molar-refractivity contribution in [2.45, 2.75) is 43.2 Å². The number of amides is 1. The second kappa shape index (κ2) is 7.99. The second-order valence-electron chi connectivity index (χ2n) is 6.08. The van der Waals surface area contributed by atoms with E-state index in [4.69, 9.17) is 16.0 Å². The molecule has 3 rings (SSSR count). The topological polar surface area (TPSA) is 59.3 Å². The minimum Gasteiger partial charge on any atom is -0.455 e. The van der Waals surface area contributed by atoms with Gasteiger partial charge in [-0.25, -0.2) is 0 Å². The van der Waals surface area contributed by atoms with Crippen LogP contribution >= 0.6 is 11.6 Å². The smallest absolute Gasteiger partial charge is 0.287 e. The number of nitrogens with one attached hydrogen (secondary N) is 1. The molecule has 1 aromatic heterocycles. The highest BCUT2D eigenvalue weighted by Crippen LogP contribution is 2.19. The normalized spacial score (nSPS) is 16.2. The first-order valence-corrected chi connectivity index (χ1v) is 9.96. The molecule has 1 unspecified atom stereocenters. The molecule has 128 valence electrons. The number of rotatable bonds is 6. The maximum Gasteiger partial charge on any atom is 0.287 e.